The molecule has 1 unspecified atom stereocenters. The molecule has 0 aliphatic carbocycles. The van der Waals surface area contributed by atoms with Crippen molar-refractivity contribution in [3.8, 4) is 0 Å². The third-order valence-electron chi connectivity index (χ3n) is 5.10. The molecule has 0 fully saturated rings. The van der Waals surface area contributed by atoms with E-state index in [4.69, 9.17) is 0 Å². The molecule has 0 spiro atoms. The van der Waals surface area contributed by atoms with E-state index in [1.807, 2.05) is 13.8 Å². The Bertz CT molecular complexity index is 1050. The Hall–Kier alpha value is -2.78. The second kappa shape index (κ2) is 9.57. The van der Waals surface area contributed by atoms with E-state index >= 15 is 0 Å². The SMILES string of the molecule is CCC(=O)N1CCc2cc(S(=O)(=O)NC(CC(C)C)C(=O)Nc3ccccn3)ccc21. The quantitative estimate of drug-likeness (QED) is 0.651. The van der Waals surface area contributed by atoms with Gasteiger partial charge in [0.25, 0.3) is 0 Å². The van der Waals surface area contributed by atoms with Crippen molar-refractivity contribution in [3.63, 3.8) is 0 Å². The highest BCUT2D eigenvalue weighted by Gasteiger charge is 2.29. The van der Waals surface area contributed by atoms with Crippen molar-refractivity contribution in [2.45, 2.75) is 51.0 Å². The zero-order valence-electron chi connectivity index (χ0n) is 18.0. The van der Waals surface area contributed by atoms with E-state index in [1.165, 1.54) is 6.07 Å². The summed E-state index contributed by atoms with van der Waals surface area (Å²) in [6, 6.07) is 8.89. The Labute approximate surface area is 183 Å². The number of sulfonamides is 1. The number of anilines is 2. The highest BCUT2D eigenvalue weighted by molar-refractivity contribution is 7.89. The molecule has 3 rings (SSSR count). The maximum absolute atomic E-state index is 13.1. The van der Waals surface area contributed by atoms with Crippen LogP contribution < -0.4 is 14.9 Å². The molecule has 0 saturated carbocycles. The molecule has 2 N–H and O–H groups in total. The fraction of sp³-hybridized carbons (Fsp3) is 0.409. The maximum Gasteiger partial charge on any atom is 0.243 e. The van der Waals surface area contributed by atoms with Crippen LogP contribution in [0.25, 0.3) is 0 Å². The van der Waals surface area contributed by atoms with E-state index in [-0.39, 0.29) is 16.7 Å². The normalized spacial score (nSPS) is 14.4. The molecular formula is C22H28N4O4S. The number of fused-ring (bicyclic) bond motifs is 1. The number of aromatic nitrogens is 1. The summed E-state index contributed by atoms with van der Waals surface area (Å²) in [6.07, 6.45) is 2.87. The van der Waals surface area contributed by atoms with Gasteiger partial charge in [0.15, 0.2) is 0 Å². The van der Waals surface area contributed by atoms with Gasteiger partial charge in [0.05, 0.1) is 4.90 Å². The molecule has 8 nitrogen and oxygen atoms in total. The number of carbonyl (C=O) groups is 2. The molecule has 0 saturated heterocycles. The van der Waals surface area contributed by atoms with Gasteiger partial charge < -0.3 is 10.2 Å². The predicted molar refractivity (Wildman–Crippen MR) is 119 cm³/mol. The average molecular weight is 445 g/mol. The highest BCUT2D eigenvalue weighted by Crippen LogP contribution is 2.30. The summed E-state index contributed by atoms with van der Waals surface area (Å²) in [7, 11) is -3.94. The van der Waals surface area contributed by atoms with Gasteiger partial charge >= 0.3 is 0 Å². The Morgan fingerprint density at radius 1 is 1.19 bits per heavy atom. The average Bonchev–Trinajstić information content (AvgIpc) is 3.16. The van der Waals surface area contributed by atoms with Gasteiger partial charge in [0.1, 0.15) is 11.9 Å². The molecule has 1 aliphatic heterocycles. The molecule has 2 aromatic rings. The zero-order chi connectivity index (χ0) is 22.6. The van der Waals surface area contributed by atoms with Gasteiger partial charge in [-0.25, -0.2) is 13.4 Å². The van der Waals surface area contributed by atoms with Crippen LogP contribution in [0.15, 0.2) is 47.5 Å². The molecule has 0 bridgehead atoms. The summed E-state index contributed by atoms with van der Waals surface area (Å²) in [5.74, 6) is 0.00186. The van der Waals surface area contributed by atoms with Gasteiger partial charge in [-0.15, -0.1) is 0 Å². The smallest absolute Gasteiger partial charge is 0.243 e. The van der Waals surface area contributed by atoms with Crippen LogP contribution in [0, 0.1) is 5.92 Å². The largest absolute Gasteiger partial charge is 0.312 e. The highest BCUT2D eigenvalue weighted by atomic mass is 32.2. The first kappa shape index (κ1) is 22.9. The van der Waals surface area contributed by atoms with Crippen LogP contribution in [0.4, 0.5) is 11.5 Å². The Morgan fingerprint density at radius 2 is 1.97 bits per heavy atom. The second-order valence-corrected chi connectivity index (χ2v) is 9.66. The number of hydrogen-bond acceptors (Lipinski definition) is 5. The summed E-state index contributed by atoms with van der Waals surface area (Å²) in [4.78, 5) is 30.7. The number of amides is 2. The summed E-state index contributed by atoms with van der Waals surface area (Å²) in [6.45, 7) is 6.18. The predicted octanol–water partition coefficient (Wildman–Crippen LogP) is 2.71. The molecule has 2 heterocycles. The van der Waals surface area contributed by atoms with Gasteiger partial charge in [0.2, 0.25) is 21.8 Å². The van der Waals surface area contributed by atoms with Crippen molar-refractivity contribution in [2.24, 2.45) is 5.92 Å². The first-order valence-corrected chi connectivity index (χ1v) is 11.9. The van der Waals surface area contributed by atoms with Gasteiger partial charge in [-0.2, -0.15) is 4.72 Å². The van der Waals surface area contributed by atoms with Crippen LogP contribution >= 0.6 is 0 Å². The van der Waals surface area contributed by atoms with Crippen molar-refractivity contribution in [1.29, 1.82) is 0 Å². The molecule has 1 atom stereocenters. The molecule has 0 radical (unpaired) electrons. The van der Waals surface area contributed by atoms with Crippen molar-refractivity contribution in [1.82, 2.24) is 9.71 Å². The van der Waals surface area contributed by atoms with Gasteiger partial charge in [0, 0.05) is 24.8 Å². The lowest BCUT2D eigenvalue weighted by Gasteiger charge is -2.20. The summed E-state index contributed by atoms with van der Waals surface area (Å²) >= 11 is 0. The lowest BCUT2D eigenvalue weighted by atomic mass is 10.0. The molecule has 166 valence electrons. The monoisotopic (exact) mass is 444 g/mol. The molecular weight excluding hydrogens is 416 g/mol. The molecule has 31 heavy (non-hydrogen) atoms. The van der Waals surface area contributed by atoms with Crippen molar-refractivity contribution in [3.05, 3.63) is 48.2 Å². The zero-order valence-corrected chi connectivity index (χ0v) is 18.8. The van der Waals surface area contributed by atoms with Gasteiger partial charge in [-0.05, 0) is 54.7 Å². The molecule has 1 aromatic carbocycles. The minimum absolute atomic E-state index is 0.00988. The van der Waals surface area contributed by atoms with Crippen molar-refractivity contribution in [2.75, 3.05) is 16.8 Å². The minimum atomic E-state index is -3.94. The van der Waals surface area contributed by atoms with Crippen LogP contribution in [0.5, 0.6) is 0 Å². The first-order valence-electron chi connectivity index (χ1n) is 10.4. The molecule has 2 amide bonds. The standard InChI is InChI=1S/C22H28N4O4S/c1-4-21(27)26-12-10-16-14-17(8-9-19(16)26)31(29,30)25-18(13-15(2)3)22(28)24-20-7-5-6-11-23-20/h5-9,11,14-15,18,25H,4,10,12-13H2,1-3H3,(H,23,24,28). The number of pyridine rings is 1. The van der Waals surface area contributed by atoms with Crippen molar-refractivity contribution < 1.29 is 18.0 Å². The third-order valence-corrected chi connectivity index (χ3v) is 6.57. The summed E-state index contributed by atoms with van der Waals surface area (Å²) < 4.78 is 28.7. The molecule has 1 aromatic heterocycles. The van der Waals surface area contributed by atoms with Gasteiger partial charge in [-0.1, -0.05) is 26.8 Å². The second-order valence-electron chi connectivity index (χ2n) is 7.95. The number of nitrogens with one attached hydrogen (secondary N) is 2. The van der Waals surface area contributed by atoms with E-state index in [0.717, 1.165) is 11.3 Å². The number of nitrogens with zero attached hydrogens (tertiary/aromatic N) is 2. The van der Waals surface area contributed by atoms with Crippen LogP contribution in [0.2, 0.25) is 0 Å². The summed E-state index contributed by atoms with van der Waals surface area (Å²) in [5.41, 5.74) is 1.56. The topological polar surface area (TPSA) is 108 Å². The number of benzene rings is 1. The number of carbonyl (C=O) groups excluding carboxylic acids is 2. The van der Waals surface area contributed by atoms with Crippen LogP contribution in [0.1, 0.15) is 39.2 Å². The van der Waals surface area contributed by atoms with E-state index in [2.05, 4.69) is 15.0 Å². The van der Waals surface area contributed by atoms with Crippen molar-refractivity contribution >= 4 is 33.3 Å². The molecule has 9 heteroatoms. The Morgan fingerprint density at radius 3 is 2.61 bits per heavy atom. The van der Waals surface area contributed by atoms with E-state index < -0.39 is 22.0 Å². The molecule has 1 aliphatic rings. The number of hydrogen-bond donors (Lipinski definition) is 2. The third kappa shape index (κ3) is 5.48. The lowest BCUT2D eigenvalue weighted by molar-refractivity contribution is -0.118. The minimum Gasteiger partial charge on any atom is -0.312 e. The maximum atomic E-state index is 13.1. The lowest BCUT2D eigenvalue weighted by Crippen LogP contribution is -2.44. The fourth-order valence-electron chi connectivity index (χ4n) is 3.58. The fourth-order valence-corrected chi connectivity index (χ4v) is 4.84. The number of rotatable bonds is 8. The first-order chi connectivity index (χ1) is 14.7. The van der Waals surface area contributed by atoms with Crippen LogP contribution in [-0.2, 0) is 26.0 Å². The van der Waals surface area contributed by atoms with E-state index in [0.29, 0.717) is 31.6 Å². The van der Waals surface area contributed by atoms with E-state index in [1.54, 1.807) is 48.4 Å². The van der Waals surface area contributed by atoms with Crippen LogP contribution in [0.3, 0.4) is 0 Å². The Kier molecular flexibility index (Phi) is 7.07. The summed E-state index contributed by atoms with van der Waals surface area (Å²) in [5, 5.41) is 2.67. The van der Waals surface area contributed by atoms with Gasteiger partial charge in [-0.3, -0.25) is 9.59 Å². The Balaban J connectivity index is 1.81. The van der Waals surface area contributed by atoms with E-state index in [9.17, 15) is 18.0 Å². The van der Waals surface area contributed by atoms with Crippen LogP contribution in [-0.4, -0.2) is 37.8 Å².